The van der Waals surface area contributed by atoms with Crippen LogP contribution in [0.25, 0.3) is 98.4 Å². The van der Waals surface area contributed by atoms with Gasteiger partial charge >= 0.3 is 0 Å². The lowest BCUT2D eigenvalue weighted by molar-refractivity contribution is 1.08. The normalized spacial score (nSPS) is 11.5. The lowest BCUT2D eigenvalue weighted by atomic mass is 9.97. The predicted molar refractivity (Wildman–Crippen MR) is 213 cm³/mol. The number of benzene rings is 7. The number of rotatable bonds is 5. The Morgan fingerprint density at radius 3 is 1.61 bits per heavy atom. The Morgan fingerprint density at radius 2 is 0.863 bits per heavy atom. The molecule has 0 unspecified atom stereocenters. The average molecular weight is 669 g/mol. The van der Waals surface area contributed by atoms with E-state index in [0.717, 1.165) is 59.9 Å². The van der Waals surface area contributed by atoms with Gasteiger partial charge in [-0.1, -0.05) is 146 Å². The Morgan fingerprint density at radius 1 is 0.333 bits per heavy atom. The molecule has 0 aliphatic carbocycles. The third-order valence-corrected chi connectivity index (χ3v) is 10.7. The van der Waals surface area contributed by atoms with Crippen molar-refractivity contribution in [2.75, 3.05) is 0 Å². The molecule has 7 aromatic carbocycles. The summed E-state index contributed by atoms with van der Waals surface area (Å²) >= 11 is 1.78. The second kappa shape index (κ2) is 12.1. The first kappa shape index (κ1) is 29.4. The minimum atomic E-state index is 0.632. The molecule has 0 saturated carbocycles. The van der Waals surface area contributed by atoms with Crippen molar-refractivity contribution in [1.29, 1.82) is 0 Å². The summed E-state index contributed by atoms with van der Waals surface area (Å²) in [5, 5.41) is 5.81. The number of pyridine rings is 1. The van der Waals surface area contributed by atoms with Gasteiger partial charge in [-0.25, -0.2) is 19.9 Å². The summed E-state index contributed by atoms with van der Waals surface area (Å²) in [7, 11) is 0. The van der Waals surface area contributed by atoms with Crippen LogP contribution in [-0.4, -0.2) is 19.9 Å². The highest BCUT2D eigenvalue weighted by Gasteiger charge is 2.20. The van der Waals surface area contributed by atoms with E-state index in [2.05, 4.69) is 146 Å². The number of nitrogens with zero attached hydrogens (tertiary/aromatic N) is 4. The summed E-state index contributed by atoms with van der Waals surface area (Å²) in [4.78, 5) is 20.8. The van der Waals surface area contributed by atoms with Crippen molar-refractivity contribution in [2.45, 2.75) is 0 Å². The van der Waals surface area contributed by atoms with E-state index in [1.54, 1.807) is 11.3 Å². The van der Waals surface area contributed by atoms with Gasteiger partial charge in [0.15, 0.2) is 17.5 Å². The number of hydrogen-bond acceptors (Lipinski definition) is 5. The highest BCUT2D eigenvalue weighted by atomic mass is 32.1. The van der Waals surface area contributed by atoms with Gasteiger partial charge in [0.25, 0.3) is 0 Å². The summed E-state index contributed by atoms with van der Waals surface area (Å²) in [5.41, 5.74) is 8.09. The Bertz CT molecular complexity index is 2900. The maximum atomic E-state index is 5.29. The third-order valence-electron chi connectivity index (χ3n) is 9.52. The fraction of sp³-hybridized carbons (Fsp3) is 0. The van der Waals surface area contributed by atoms with Gasteiger partial charge in [-0.3, -0.25) is 0 Å². The Labute approximate surface area is 298 Å². The summed E-state index contributed by atoms with van der Waals surface area (Å²) in [5.74, 6) is 1.90. The first-order valence-corrected chi connectivity index (χ1v) is 17.8. The number of thiophene rings is 1. The number of fused-ring (bicyclic) bond motifs is 6. The molecule has 0 bridgehead atoms. The molecule has 0 N–H and O–H groups in total. The van der Waals surface area contributed by atoms with Crippen molar-refractivity contribution < 1.29 is 0 Å². The fourth-order valence-electron chi connectivity index (χ4n) is 7.04. The van der Waals surface area contributed by atoms with Gasteiger partial charge in [0.1, 0.15) is 0 Å². The minimum absolute atomic E-state index is 0.632. The van der Waals surface area contributed by atoms with E-state index < -0.39 is 0 Å². The highest BCUT2D eigenvalue weighted by molar-refractivity contribution is 7.26. The molecule has 0 amide bonds. The van der Waals surface area contributed by atoms with Crippen molar-refractivity contribution in [3.05, 3.63) is 170 Å². The van der Waals surface area contributed by atoms with Crippen LogP contribution in [0, 0.1) is 0 Å². The lowest BCUT2D eigenvalue weighted by Crippen LogP contribution is -2.00. The van der Waals surface area contributed by atoms with Crippen LogP contribution in [0.15, 0.2) is 170 Å². The predicted octanol–water partition coefficient (Wildman–Crippen LogP) is 12.3. The van der Waals surface area contributed by atoms with Crippen LogP contribution in [-0.2, 0) is 0 Å². The summed E-state index contributed by atoms with van der Waals surface area (Å²) in [6.07, 6.45) is 0. The zero-order valence-electron chi connectivity index (χ0n) is 27.4. The monoisotopic (exact) mass is 668 g/mol. The minimum Gasteiger partial charge on any atom is -0.247 e. The smallest absolute Gasteiger partial charge is 0.165 e. The summed E-state index contributed by atoms with van der Waals surface area (Å²) < 4.78 is 2.36. The van der Waals surface area contributed by atoms with Crippen LogP contribution in [0.1, 0.15) is 0 Å². The maximum absolute atomic E-state index is 5.29. The largest absolute Gasteiger partial charge is 0.247 e. The van der Waals surface area contributed by atoms with Crippen LogP contribution in [0.5, 0.6) is 0 Å². The molecular formula is C46H28N4S. The Kier molecular flexibility index (Phi) is 6.96. The summed E-state index contributed by atoms with van der Waals surface area (Å²) in [6, 6.07) is 59.1. The molecule has 0 spiro atoms. The topological polar surface area (TPSA) is 51.6 Å². The molecule has 0 saturated heterocycles. The van der Waals surface area contributed by atoms with Crippen LogP contribution in [0.2, 0.25) is 0 Å². The second-order valence-electron chi connectivity index (χ2n) is 12.6. The molecule has 0 aliphatic rings. The van der Waals surface area contributed by atoms with E-state index in [9.17, 15) is 0 Å². The van der Waals surface area contributed by atoms with Gasteiger partial charge in [-0.05, 0) is 40.8 Å². The van der Waals surface area contributed by atoms with E-state index in [1.807, 2.05) is 24.3 Å². The molecule has 0 radical (unpaired) electrons. The van der Waals surface area contributed by atoms with E-state index in [-0.39, 0.29) is 0 Å². The molecule has 238 valence electrons. The van der Waals surface area contributed by atoms with Crippen LogP contribution in [0.3, 0.4) is 0 Å². The molecule has 5 heteroatoms. The SMILES string of the molecule is c1ccc(-c2ccc(-c3nc(-c4ccccc4)nc(-c4cc(-c5nc6ccccc6c6ccccc56)cc5c4sc4ccccc45)n3)cc2)cc1. The quantitative estimate of drug-likeness (QED) is 0.171. The van der Waals surface area contributed by atoms with Crippen LogP contribution in [0.4, 0.5) is 0 Å². The summed E-state index contributed by atoms with van der Waals surface area (Å²) in [6.45, 7) is 0. The number of para-hydroxylation sites is 1. The van der Waals surface area contributed by atoms with Crippen molar-refractivity contribution in [3.8, 4) is 56.5 Å². The zero-order valence-corrected chi connectivity index (χ0v) is 28.2. The average Bonchev–Trinajstić information content (AvgIpc) is 3.59. The molecule has 3 aromatic heterocycles. The highest BCUT2D eigenvalue weighted by Crippen LogP contribution is 2.43. The van der Waals surface area contributed by atoms with Gasteiger partial charge < -0.3 is 0 Å². The van der Waals surface area contributed by atoms with Crippen molar-refractivity contribution in [3.63, 3.8) is 0 Å². The molecule has 3 heterocycles. The Hall–Kier alpha value is -6.56. The lowest BCUT2D eigenvalue weighted by Gasteiger charge is -2.13. The first-order valence-electron chi connectivity index (χ1n) is 17.0. The first-order chi connectivity index (χ1) is 25.3. The Balaban J connectivity index is 1.24. The third kappa shape index (κ3) is 5.14. The number of hydrogen-bond donors (Lipinski definition) is 0. The van der Waals surface area contributed by atoms with Crippen molar-refractivity contribution >= 4 is 53.2 Å². The molecular weight excluding hydrogens is 641 g/mol. The maximum Gasteiger partial charge on any atom is 0.165 e. The molecule has 51 heavy (non-hydrogen) atoms. The van der Waals surface area contributed by atoms with Crippen molar-refractivity contribution in [1.82, 2.24) is 19.9 Å². The van der Waals surface area contributed by atoms with E-state index in [4.69, 9.17) is 19.9 Å². The molecule has 0 atom stereocenters. The van der Waals surface area contributed by atoms with Gasteiger partial charge in [0, 0.05) is 53.2 Å². The van der Waals surface area contributed by atoms with Gasteiger partial charge in [-0.15, -0.1) is 11.3 Å². The second-order valence-corrected chi connectivity index (χ2v) is 13.7. The number of aromatic nitrogens is 4. The fourth-order valence-corrected chi connectivity index (χ4v) is 8.23. The van der Waals surface area contributed by atoms with E-state index in [0.29, 0.717) is 17.5 Å². The van der Waals surface area contributed by atoms with Crippen molar-refractivity contribution in [2.24, 2.45) is 0 Å². The van der Waals surface area contributed by atoms with Gasteiger partial charge in [0.05, 0.1) is 11.2 Å². The van der Waals surface area contributed by atoms with E-state index in [1.165, 1.54) is 21.0 Å². The molecule has 0 aliphatic heterocycles. The standard InChI is InChI=1S/C46H28N4S/c1-3-13-29(14-4-1)30-23-25-32(26-24-30)45-48-44(31-15-5-2-6-16-31)49-46(50-45)39-28-33(27-38-36-19-10-12-22-41(36)51-43(38)39)42-37-20-8-7-17-34(37)35-18-9-11-21-40(35)47-42/h1-28H. The molecule has 0 fully saturated rings. The molecule has 10 aromatic rings. The van der Waals surface area contributed by atoms with Gasteiger partial charge in [0.2, 0.25) is 0 Å². The molecule has 4 nitrogen and oxygen atoms in total. The molecule has 10 rings (SSSR count). The zero-order chi connectivity index (χ0) is 33.7. The van der Waals surface area contributed by atoms with Crippen LogP contribution >= 0.6 is 11.3 Å². The van der Waals surface area contributed by atoms with E-state index >= 15 is 0 Å². The van der Waals surface area contributed by atoms with Crippen LogP contribution < -0.4 is 0 Å². The van der Waals surface area contributed by atoms with Gasteiger partial charge in [-0.2, -0.15) is 0 Å².